The highest BCUT2D eigenvalue weighted by Gasteiger charge is 2.16. The Morgan fingerprint density at radius 3 is 2.57 bits per heavy atom. The summed E-state index contributed by atoms with van der Waals surface area (Å²) in [6.07, 6.45) is 4.66. The van der Waals surface area contributed by atoms with Crippen LogP contribution in [0.5, 0.6) is 5.75 Å². The highest BCUT2D eigenvalue weighted by molar-refractivity contribution is 7.15. The lowest BCUT2D eigenvalue weighted by Crippen LogP contribution is -2.12. The number of amides is 1. The van der Waals surface area contributed by atoms with Crippen molar-refractivity contribution in [2.24, 2.45) is 0 Å². The number of aromatic nitrogens is 1. The van der Waals surface area contributed by atoms with Gasteiger partial charge in [0.2, 0.25) is 0 Å². The quantitative estimate of drug-likeness (QED) is 0.882. The second-order valence-electron chi connectivity index (χ2n) is 5.74. The van der Waals surface area contributed by atoms with Gasteiger partial charge in [-0.05, 0) is 63.8 Å². The zero-order chi connectivity index (χ0) is 15.5. The number of thiazole rings is 1. The number of hydrogen-bond acceptors (Lipinski definition) is 4. The molecule has 1 amide bonds. The Morgan fingerprint density at radius 2 is 1.91 bits per heavy atom. The van der Waals surface area contributed by atoms with Gasteiger partial charge in [0.1, 0.15) is 5.75 Å². The fraction of sp³-hybridized carbons (Fsp3) is 0.412. The van der Waals surface area contributed by atoms with Crippen molar-refractivity contribution in [2.45, 2.75) is 45.6 Å². The minimum absolute atomic E-state index is 0. The van der Waals surface area contributed by atoms with E-state index >= 15 is 0 Å². The van der Waals surface area contributed by atoms with Gasteiger partial charge in [-0.15, -0.1) is 23.7 Å². The molecule has 0 saturated carbocycles. The van der Waals surface area contributed by atoms with Crippen LogP contribution in [-0.2, 0) is 12.8 Å². The highest BCUT2D eigenvalue weighted by atomic mass is 35.5. The van der Waals surface area contributed by atoms with Crippen molar-refractivity contribution in [3.63, 3.8) is 0 Å². The van der Waals surface area contributed by atoms with E-state index < -0.39 is 0 Å². The number of benzene rings is 1. The Bertz CT molecular complexity index is 644. The fourth-order valence-electron chi connectivity index (χ4n) is 2.53. The molecule has 23 heavy (non-hydrogen) atoms. The lowest BCUT2D eigenvalue weighted by molar-refractivity contribution is 0.102. The molecule has 1 heterocycles. The molecule has 1 aliphatic carbocycles. The molecule has 1 aromatic heterocycles. The first-order valence-electron chi connectivity index (χ1n) is 7.68. The number of halogens is 1. The average molecular weight is 353 g/mol. The van der Waals surface area contributed by atoms with Gasteiger partial charge in [0.15, 0.2) is 5.13 Å². The summed E-state index contributed by atoms with van der Waals surface area (Å²) in [6, 6.07) is 7.20. The van der Waals surface area contributed by atoms with Crippen LogP contribution in [0.25, 0.3) is 0 Å². The van der Waals surface area contributed by atoms with Crippen LogP contribution in [0.2, 0.25) is 0 Å². The Kier molecular flexibility index (Phi) is 6.02. The second kappa shape index (κ2) is 7.79. The van der Waals surface area contributed by atoms with Crippen LogP contribution in [0.3, 0.4) is 0 Å². The maximum atomic E-state index is 12.3. The molecule has 1 aromatic carbocycles. The molecule has 2 aromatic rings. The van der Waals surface area contributed by atoms with Crippen LogP contribution >= 0.6 is 23.7 Å². The molecule has 124 valence electrons. The summed E-state index contributed by atoms with van der Waals surface area (Å²) in [4.78, 5) is 18.1. The van der Waals surface area contributed by atoms with Gasteiger partial charge in [0, 0.05) is 10.4 Å². The van der Waals surface area contributed by atoms with Gasteiger partial charge in [0.25, 0.3) is 5.91 Å². The molecule has 0 saturated heterocycles. The van der Waals surface area contributed by atoms with Gasteiger partial charge in [-0.2, -0.15) is 0 Å². The number of nitrogens with one attached hydrogen (secondary N) is 1. The van der Waals surface area contributed by atoms with Crippen molar-refractivity contribution in [1.82, 2.24) is 4.98 Å². The minimum Gasteiger partial charge on any atom is -0.491 e. The summed E-state index contributed by atoms with van der Waals surface area (Å²) >= 11 is 1.60. The van der Waals surface area contributed by atoms with E-state index in [1.807, 2.05) is 26.0 Å². The Morgan fingerprint density at radius 1 is 1.22 bits per heavy atom. The molecular weight excluding hydrogens is 332 g/mol. The van der Waals surface area contributed by atoms with Crippen LogP contribution in [0, 0.1) is 0 Å². The molecule has 6 heteroatoms. The molecular formula is C17H21ClN2O2S. The lowest BCUT2D eigenvalue weighted by atomic mass is 10.0. The number of hydrogen-bond donors (Lipinski definition) is 1. The predicted octanol–water partition coefficient (Wildman–Crippen LogP) is 4.48. The molecule has 4 nitrogen and oxygen atoms in total. The van der Waals surface area contributed by atoms with E-state index in [1.165, 1.54) is 17.7 Å². The standard InChI is InChI=1S/C17H20N2O2S.ClH/c1-11(2)21-13-9-7-12(8-10-13)16(20)19-17-18-14-5-3-4-6-15(14)22-17;/h7-11H,3-6H2,1-2H3,(H,18,19,20);1H. The summed E-state index contributed by atoms with van der Waals surface area (Å²) in [5.74, 6) is 0.651. The van der Waals surface area contributed by atoms with Gasteiger partial charge in [-0.1, -0.05) is 0 Å². The molecule has 1 N–H and O–H groups in total. The molecule has 1 aliphatic rings. The van der Waals surface area contributed by atoms with E-state index in [1.54, 1.807) is 23.5 Å². The molecule has 0 spiro atoms. The summed E-state index contributed by atoms with van der Waals surface area (Å²) in [5.41, 5.74) is 1.77. The summed E-state index contributed by atoms with van der Waals surface area (Å²) in [7, 11) is 0. The topological polar surface area (TPSA) is 51.2 Å². The Balaban J connectivity index is 0.00000192. The van der Waals surface area contributed by atoms with Crippen LogP contribution in [0.1, 0.15) is 47.6 Å². The monoisotopic (exact) mass is 352 g/mol. The Hall–Kier alpha value is -1.59. The van der Waals surface area contributed by atoms with Crippen molar-refractivity contribution in [3.8, 4) is 5.75 Å². The maximum Gasteiger partial charge on any atom is 0.257 e. The van der Waals surface area contributed by atoms with Gasteiger partial charge < -0.3 is 4.74 Å². The number of nitrogens with zero attached hydrogens (tertiary/aromatic N) is 1. The SMILES string of the molecule is CC(C)Oc1ccc(C(=O)Nc2nc3c(s2)CCCC3)cc1.Cl. The predicted molar refractivity (Wildman–Crippen MR) is 96.2 cm³/mol. The number of ether oxygens (including phenoxy) is 1. The van der Waals surface area contributed by atoms with E-state index in [0.29, 0.717) is 10.7 Å². The van der Waals surface area contributed by atoms with Crippen molar-refractivity contribution < 1.29 is 9.53 Å². The molecule has 0 radical (unpaired) electrons. The summed E-state index contributed by atoms with van der Waals surface area (Å²) in [6.45, 7) is 3.95. The van der Waals surface area contributed by atoms with Gasteiger partial charge >= 0.3 is 0 Å². The molecule has 0 fully saturated rings. The maximum absolute atomic E-state index is 12.3. The molecule has 0 aliphatic heterocycles. The highest BCUT2D eigenvalue weighted by Crippen LogP contribution is 2.29. The number of aryl methyl sites for hydroxylation is 2. The van der Waals surface area contributed by atoms with Crippen LogP contribution < -0.4 is 10.1 Å². The lowest BCUT2D eigenvalue weighted by Gasteiger charge is -2.09. The number of carbonyl (C=O) groups is 1. The van der Waals surface area contributed by atoms with Gasteiger partial charge in [-0.3, -0.25) is 10.1 Å². The van der Waals surface area contributed by atoms with Gasteiger partial charge in [-0.25, -0.2) is 4.98 Å². The third kappa shape index (κ3) is 4.45. The van der Waals surface area contributed by atoms with Crippen LogP contribution in [0.15, 0.2) is 24.3 Å². The first kappa shape index (κ1) is 17.8. The van der Waals surface area contributed by atoms with Crippen LogP contribution in [0.4, 0.5) is 5.13 Å². The van der Waals surface area contributed by atoms with Crippen LogP contribution in [-0.4, -0.2) is 17.0 Å². The molecule has 0 bridgehead atoms. The zero-order valence-electron chi connectivity index (χ0n) is 13.3. The third-order valence-electron chi connectivity index (χ3n) is 3.55. The van der Waals surface area contributed by atoms with E-state index in [-0.39, 0.29) is 24.4 Å². The first-order valence-corrected chi connectivity index (χ1v) is 8.50. The zero-order valence-corrected chi connectivity index (χ0v) is 14.9. The number of fused-ring (bicyclic) bond motifs is 1. The van der Waals surface area contributed by atoms with Crippen molar-refractivity contribution in [1.29, 1.82) is 0 Å². The van der Waals surface area contributed by atoms with Crippen molar-refractivity contribution in [3.05, 3.63) is 40.4 Å². The van der Waals surface area contributed by atoms with Crippen molar-refractivity contribution >= 4 is 34.8 Å². The second-order valence-corrected chi connectivity index (χ2v) is 6.82. The summed E-state index contributed by atoms with van der Waals surface area (Å²) in [5, 5.41) is 3.61. The number of rotatable bonds is 4. The normalized spacial score (nSPS) is 13.2. The molecule has 0 atom stereocenters. The Labute approximate surface area is 146 Å². The molecule has 0 unspecified atom stereocenters. The summed E-state index contributed by atoms with van der Waals surface area (Å²) < 4.78 is 5.58. The van der Waals surface area contributed by atoms with E-state index in [0.717, 1.165) is 24.3 Å². The number of anilines is 1. The van der Waals surface area contributed by atoms with E-state index in [2.05, 4.69) is 10.3 Å². The number of carbonyl (C=O) groups excluding carboxylic acids is 1. The fourth-order valence-corrected chi connectivity index (χ4v) is 3.58. The van der Waals surface area contributed by atoms with Crippen molar-refractivity contribution in [2.75, 3.05) is 5.32 Å². The van der Waals surface area contributed by atoms with E-state index in [9.17, 15) is 4.79 Å². The van der Waals surface area contributed by atoms with E-state index in [4.69, 9.17) is 4.74 Å². The first-order chi connectivity index (χ1) is 10.6. The smallest absolute Gasteiger partial charge is 0.257 e. The third-order valence-corrected chi connectivity index (χ3v) is 4.63. The minimum atomic E-state index is -0.123. The largest absolute Gasteiger partial charge is 0.491 e. The molecule has 3 rings (SSSR count). The van der Waals surface area contributed by atoms with Gasteiger partial charge in [0.05, 0.1) is 11.8 Å². The average Bonchev–Trinajstić information content (AvgIpc) is 2.89.